The van der Waals surface area contributed by atoms with Crippen LogP contribution < -0.4 is 0 Å². The smallest absolute Gasteiger partial charge is 0.265 e. The minimum atomic E-state index is -0.510. The van der Waals surface area contributed by atoms with Crippen molar-refractivity contribution < 1.29 is 4.92 Å². The van der Waals surface area contributed by atoms with E-state index in [4.69, 9.17) is 11.6 Å². The quantitative estimate of drug-likeness (QED) is 0.473. The molecule has 0 aliphatic rings. The Morgan fingerprint density at radius 1 is 1.35 bits per heavy atom. The second kappa shape index (κ2) is 6.43. The average Bonchev–Trinajstić information content (AvgIpc) is 2.45. The predicted octanol–water partition coefficient (Wildman–Crippen LogP) is 4.05. The Labute approximate surface area is 121 Å². The highest BCUT2D eigenvalue weighted by atomic mass is 35.5. The van der Waals surface area contributed by atoms with Gasteiger partial charge in [-0.05, 0) is 30.5 Å². The molecular weight excluding hydrogens is 278 g/mol. The molecule has 0 unspecified atom stereocenters. The first-order valence-corrected chi connectivity index (χ1v) is 6.75. The molecule has 0 saturated heterocycles. The van der Waals surface area contributed by atoms with Gasteiger partial charge in [0.25, 0.3) is 0 Å². The molecule has 0 amide bonds. The number of rotatable bonds is 5. The summed E-state index contributed by atoms with van der Waals surface area (Å²) in [5.74, 6) is 0. The van der Waals surface area contributed by atoms with Crippen LogP contribution in [0.25, 0.3) is 11.1 Å². The lowest BCUT2D eigenvalue weighted by molar-refractivity contribution is -0.385. The van der Waals surface area contributed by atoms with Gasteiger partial charge >= 0.3 is 5.69 Å². The summed E-state index contributed by atoms with van der Waals surface area (Å²) < 4.78 is 0. The molecule has 5 nitrogen and oxygen atoms in total. The highest BCUT2D eigenvalue weighted by Gasteiger charge is 2.19. The molecule has 2 aromatic heterocycles. The molecule has 20 heavy (non-hydrogen) atoms. The SMILES string of the molecule is CCCCc1nc(Cl)c([N+](=O)[O-])cc1-c1ccncc1. The van der Waals surface area contributed by atoms with Crippen LogP contribution in [0.5, 0.6) is 0 Å². The van der Waals surface area contributed by atoms with Gasteiger partial charge in [-0.3, -0.25) is 15.1 Å². The molecule has 0 N–H and O–H groups in total. The van der Waals surface area contributed by atoms with Crippen molar-refractivity contribution in [2.75, 3.05) is 0 Å². The summed E-state index contributed by atoms with van der Waals surface area (Å²) in [6.45, 7) is 2.08. The molecule has 0 radical (unpaired) electrons. The molecule has 0 aliphatic heterocycles. The number of aromatic nitrogens is 2. The standard InChI is InChI=1S/C14H14ClN3O2/c1-2-3-4-12-11(10-5-7-16-8-6-10)9-13(18(19)20)14(15)17-12/h5-9H,2-4H2,1H3. The molecule has 104 valence electrons. The molecule has 0 bridgehead atoms. The van der Waals surface area contributed by atoms with Gasteiger partial charge in [0, 0.05) is 24.0 Å². The number of nitrogens with zero attached hydrogens (tertiary/aromatic N) is 3. The van der Waals surface area contributed by atoms with Crippen LogP contribution in [0.1, 0.15) is 25.5 Å². The summed E-state index contributed by atoms with van der Waals surface area (Å²) in [7, 11) is 0. The van der Waals surface area contributed by atoms with E-state index in [1.807, 2.05) is 12.1 Å². The van der Waals surface area contributed by atoms with E-state index in [2.05, 4.69) is 16.9 Å². The number of unbranched alkanes of at least 4 members (excludes halogenated alkanes) is 1. The van der Waals surface area contributed by atoms with Crippen molar-refractivity contribution >= 4 is 17.3 Å². The lowest BCUT2D eigenvalue weighted by Crippen LogP contribution is -1.99. The van der Waals surface area contributed by atoms with Crippen LogP contribution in [0.4, 0.5) is 5.69 Å². The number of aryl methyl sites for hydroxylation is 1. The minimum absolute atomic E-state index is 0.0566. The molecule has 2 aromatic rings. The van der Waals surface area contributed by atoms with Gasteiger partial charge in [0.15, 0.2) is 0 Å². The maximum atomic E-state index is 11.0. The molecule has 0 aromatic carbocycles. The van der Waals surface area contributed by atoms with Gasteiger partial charge in [-0.25, -0.2) is 4.98 Å². The van der Waals surface area contributed by atoms with E-state index in [1.165, 1.54) is 6.07 Å². The zero-order valence-corrected chi connectivity index (χ0v) is 11.8. The van der Waals surface area contributed by atoms with Crippen LogP contribution in [0.3, 0.4) is 0 Å². The molecule has 2 rings (SSSR count). The molecule has 0 atom stereocenters. The Morgan fingerprint density at radius 2 is 2.05 bits per heavy atom. The largest absolute Gasteiger partial charge is 0.307 e. The normalized spacial score (nSPS) is 10.5. The maximum absolute atomic E-state index is 11.0. The van der Waals surface area contributed by atoms with E-state index in [-0.39, 0.29) is 10.8 Å². The molecule has 0 spiro atoms. The number of halogens is 1. The van der Waals surface area contributed by atoms with E-state index < -0.39 is 4.92 Å². The molecule has 0 fully saturated rings. The third-order valence-corrected chi connectivity index (χ3v) is 3.27. The number of nitro groups is 1. The van der Waals surface area contributed by atoms with Gasteiger partial charge in [0.05, 0.1) is 10.6 Å². The summed E-state index contributed by atoms with van der Waals surface area (Å²) >= 11 is 5.90. The van der Waals surface area contributed by atoms with Gasteiger partial charge in [0.1, 0.15) is 0 Å². The summed E-state index contributed by atoms with van der Waals surface area (Å²) in [5, 5.41) is 10.9. The minimum Gasteiger partial charge on any atom is -0.265 e. The van der Waals surface area contributed by atoms with E-state index >= 15 is 0 Å². The fraction of sp³-hybridized carbons (Fsp3) is 0.286. The van der Waals surface area contributed by atoms with E-state index in [9.17, 15) is 10.1 Å². The lowest BCUT2D eigenvalue weighted by Gasteiger charge is -2.09. The fourth-order valence-corrected chi connectivity index (χ4v) is 2.19. The highest BCUT2D eigenvalue weighted by molar-refractivity contribution is 6.31. The third kappa shape index (κ3) is 3.11. The van der Waals surface area contributed by atoms with Crippen LogP contribution in [-0.4, -0.2) is 14.9 Å². The van der Waals surface area contributed by atoms with Crippen LogP contribution in [0.2, 0.25) is 5.15 Å². The summed E-state index contributed by atoms with van der Waals surface area (Å²) in [6, 6.07) is 5.11. The Hall–Kier alpha value is -2.01. The Morgan fingerprint density at radius 3 is 2.65 bits per heavy atom. The molecule has 6 heteroatoms. The monoisotopic (exact) mass is 291 g/mol. The van der Waals surface area contributed by atoms with Crippen LogP contribution in [0.15, 0.2) is 30.6 Å². The number of hydrogen-bond donors (Lipinski definition) is 0. The lowest BCUT2D eigenvalue weighted by atomic mass is 10.0. The van der Waals surface area contributed by atoms with E-state index in [1.54, 1.807) is 12.4 Å². The second-order valence-corrected chi connectivity index (χ2v) is 4.75. The van der Waals surface area contributed by atoms with Crippen molar-refractivity contribution in [3.05, 3.63) is 51.6 Å². The van der Waals surface area contributed by atoms with Crippen molar-refractivity contribution in [2.45, 2.75) is 26.2 Å². The van der Waals surface area contributed by atoms with Crippen LogP contribution >= 0.6 is 11.6 Å². The average molecular weight is 292 g/mol. The Balaban J connectivity index is 2.55. The second-order valence-electron chi connectivity index (χ2n) is 4.39. The first-order valence-electron chi connectivity index (χ1n) is 6.37. The molecular formula is C14H14ClN3O2. The zero-order valence-electron chi connectivity index (χ0n) is 11.0. The van der Waals surface area contributed by atoms with Crippen molar-refractivity contribution in [1.29, 1.82) is 0 Å². The first-order chi connectivity index (χ1) is 9.63. The third-order valence-electron chi connectivity index (χ3n) is 2.99. The number of pyridine rings is 2. The molecule has 0 saturated carbocycles. The maximum Gasteiger partial charge on any atom is 0.307 e. The summed E-state index contributed by atoms with van der Waals surface area (Å²) in [4.78, 5) is 18.7. The van der Waals surface area contributed by atoms with Gasteiger partial charge in [-0.1, -0.05) is 24.9 Å². The van der Waals surface area contributed by atoms with Crippen molar-refractivity contribution in [2.24, 2.45) is 0 Å². The van der Waals surface area contributed by atoms with E-state index in [0.717, 1.165) is 36.1 Å². The van der Waals surface area contributed by atoms with E-state index in [0.29, 0.717) is 0 Å². The summed E-state index contributed by atoms with van der Waals surface area (Å²) in [5.41, 5.74) is 2.22. The van der Waals surface area contributed by atoms with Crippen molar-refractivity contribution in [3.63, 3.8) is 0 Å². The van der Waals surface area contributed by atoms with Crippen molar-refractivity contribution in [3.8, 4) is 11.1 Å². The predicted molar refractivity (Wildman–Crippen MR) is 77.7 cm³/mol. The van der Waals surface area contributed by atoms with Crippen LogP contribution in [0, 0.1) is 10.1 Å². The zero-order chi connectivity index (χ0) is 14.5. The van der Waals surface area contributed by atoms with Gasteiger partial charge < -0.3 is 0 Å². The summed E-state index contributed by atoms with van der Waals surface area (Å²) in [6.07, 6.45) is 6.02. The van der Waals surface area contributed by atoms with Crippen molar-refractivity contribution in [1.82, 2.24) is 9.97 Å². The topological polar surface area (TPSA) is 68.9 Å². The highest BCUT2D eigenvalue weighted by Crippen LogP contribution is 2.31. The first kappa shape index (κ1) is 14.4. The van der Waals surface area contributed by atoms with Gasteiger partial charge in [-0.2, -0.15) is 0 Å². The van der Waals surface area contributed by atoms with Crippen LogP contribution in [-0.2, 0) is 6.42 Å². The number of hydrogen-bond acceptors (Lipinski definition) is 4. The van der Waals surface area contributed by atoms with Gasteiger partial charge in [0.2, 0.25) is 5.15 Å². The molecule has 2 heterocycles. The fourth-order valence-electron chi connectivity index (χ4n) is 1.96. The molecule has 0 aliphatic carbocycles. The Bertz CT molecular complexity index is 617. The Kier molecular flexibility index (Phi) is 4.63. The van der Waals surface area contributed by atoms with Gasteiger partial charge in [-0.15, -0.1) is 0 Å².